The molecule has 0 radical (unpaired) electrons. The van der Waals surface area contributed by atoms with Gasteiger partial charge in [0.25, 0.3) is 0 Å². The van der Waals surface area contributed by atoms with E-state index in [0.717, 1.165) is 12.6 Å². The van der Waals surface area contributed by atoms with Crippen LogP contribution in [-0.4, -0.2) is 41.1 Å². The molecule has 0 aromatic heterocycles. The van der Waals surface area contributed by atoms with E-state index in [0.29, 0.717) is 17.6 Å². The number of anilines is 1. The minimum absolute atomic E-state index is 0.314. The Labute approximate surface area is 136 Å². The van der Waals surface area contributed by atoms with Crippen LogP contribution in [0.4, 0.5) is 5.69 Å². The van der Waals surface area contributed by atoms with E-state index in [1.807, 2.05) is 0 Å². The maximum Gasteiger partial charge on any atom is 0.0913 e. The molecular formula is C20H21N3. The van der Waals surface area contributed by atoms with E-state index >= 15 is 0 Å². The predicted octanol–water partition coefficient (Wildman–Crippen LogP) is 2.65. The summed E-state index contributed by atoms with van der Waals surface area (Å²) < 4.78 is 0. The van der Waals surface area contributed by atoms with Crippen molar-refractivity contribution in [3.63, 3.8) is 0 Å². The average molecular weight is 303 g/mol. The van der Waals surface area contributed by atoms with Crippen LogP contribution in [0.5, 0.6) is 0 Å². The van der Waals surface area contributed by atoms with Gasteiger partial charge in [0, 0.05) is 36.3 Å². The van der Waals surface area contributed by atoms with E-state index in [1.165, 1.54) is 30.8 Å². The highest BCUT2D eigenvalue weighted by atomic mass is 15.5. The normalized spacial score (nSPS) is 39.3. The Balaban J connectivity index is 1.42. The van der Waals surface area contributed by atoms with Gasteiger partial charge in [-0.15, -0.1) is 0 Å². The smallest absolute Gasteiger partial charge is 0.0913 e. The molecule has 4 heterocycles. The molecule has 2 aromatic rings. The molecule has 5 atom stereocenters. The molecule has 3 fully saturated rings. The number of nitrogens with zero attached hydrogens (tertiary/aromatic N) is 2. The van der Waals surface area contributed by atoms with Crippen molar-refractivity contribution in [2.24, 2.45) is 0 Å². The largest absolute Gasteiger partial charge is 0.369 e. The Hall–Kier alpha value is -1.84. The first-order valence-electron chi connectivity index (χ1n) is 8.78. The fraction of sp³-hybridized carbons (Fsp3) is 0.400. The first-order valence-corrected chi connectivity index (χ1v) is 8.78. The van der Waals surface area contributed by atoms with Crippen LogP contribution in [-0.2, 0) is 12.0 Å². The second kappa shape index (κ2) is 4.16. The van der Waals surface area contributed by atoms with Gasteiger partial charge in [-0.1, -0.05) is 48.5 Å². The topological polar surface area (TPSA) is 18.3 Å². The first kappa shape index (κ1) is 12.6. The summed E-state index contributed by atoms with van der Waals surface area (Å²) in [6.07, 6.45) is 1.81. The van der Waals surface area contributed by atoms with Gasteiger partial charge in [0.1, 0.15) is 0 Å². The molecule has 3 saturated heterocycles. The van der Waals surface area contributed by atoms with Crippen LogP contribution in [0.25, 0.3) is 0 Å². The number of benzene rings is 2. The van der Waals surface area contributed by atoms with E-state index in [4.69, 9.17) is 0 Å². The van der Waals surface area contributed by atoms with Gasteiger partial charge in [-0.3, -0.25) is 9.80 Å². The fourth-order valence-corrected chi connectivity index (χ4v) is 5.68. The van der Waals surface area contributed by atoms with Gasteiger partial charge in [0.15, 0.2) is 0 Å². The quantitative estimate of drug-likeness (QED) is 0.860. The second-order valence-electron chi connectivity index (χ2n) is 7.55. The Kier molecular flexibility index (Phi) is 2.27. The molecule has 1 spiro atoms. The number of hydrogen-bond donors (Lipinski definition) is 1. The SMILES string of the molecule is c1ccc(CN2CCC34c5ccccc5N[C@H]3N3C[C@@H]3[C@H]24)cc1. The third kappa shape index (κ3) is 1.47. The van der Waals surface area contributed by atoms with Crippen molar-refractivity contribution in [1.82, 2.24) is 9.80 Å². The first-order chi connectivity index (χ1) is 11.4. The summed E-state index contributed by atoms with van der Waals surface area (Å²) in [7, 11) is 0. The number of para-hydroxylation sites is 1. The molecule has 4 aliphatic rings. The maximum atomic E-state index is 3.83. The second-order valence-corrected chi connectivity index (χ2v) is 7.55. The molecule has 6 rings (SSSR count). The number of rotatable bonds is 2. The van der Waals surface area contributed by atoms with Crippen LogP contribution >= 0.6 is 0 Å². The number of fused-ring (bicyclic) bond motifs is 4. The zero-order chi connectivity index (χ0) is 15.0. The number of piperidine rings is 1. The van der Waals surface area contributed by atoms with Crippen molar-refractivity contribution in [3.8, 4) is 0 Å². The highest BCUT2D eigenvalue weighted by Gasteiger charge is 2.72. The molecule has 0 aliphatic carbocycles. The van der Waals surface area contributed by atoms with Crippen LogP contribution in [0, 0.1) is 0 Å². The summed E-state index contributed by atoms with van der Waals surface area (Å²) in [6.45, 7) is 3.58. The van der Waals surface area contributed by atoms with Crippen molar-refractivity contribution in [2.75, 3.05) is 18.4 Å². The van der Waals surface area contributed by atoms with Crippen molar-refractivity contribution in [3.05, 3.63) is 65.7 Å². The Bertz CT molecular complexity index is 773. The van der Waals surface area contributed by atoms with Gasteiger partial charge in [-0.05, 0) is 30.2 Å². The van der Waals surface area contributed by atoms with Crippen LogP contribution in [0.3, 0.4) is 0 Å². The minimum atomic E-state index is 0.314. The molecule has 2 aromatic carbocycles. The summed E-state index contributed by atoms with van der Waals surface area (Å²) >= 11 is 0. The lowest BCUT2D eigenvalue weighted by atomic mass is 9.74. The Morgan fingerprint density at radius 2 is 1.87 bits per heavy atom. The van der Waals surface area contributed by atoms with Gasteiger partial charge >= 0.3 is 0 Å². The molecule has 0 amide bonds. The molecule has 23 heavy (non-hydrogen) atoms. The third-order valence-electron chi connectivity index (χ3n) is 6.56. The lowest BCUT2D eigenvalue weighted by molar-refractivity contribution is 0.214. The summed E-state index contributed by atoms with van der Waals surface area (Å²) in [6, 6.07) is 21.4. The molecule has 2 unspecified atom stereocenters. The Morgan fingerprint density at radius 3 is 2.78 bits per heavy atom. The number of hydrogen-bond acceptors (Lipinski definition) is 3. The van der Waals surface area contributed by atoms with E-state index in [1.54, 1.807) is 5.56 Å². The van der Waals surface area contributed by atoms with Gasteiger partial charge < -0.3 is 5.32 Å². The summed E-state index contributed by atoms with van der Waals surface area (Å²) in [5, 5.41) is 3.83. The molecule has 0 bridgehead atoms. The van der Waals surface area contributed by atoms with Gasteiger partial charge in [-0.2, -0.15) is 0 Å². The maximum absolute atomic E-state index is 3.83. The molecule has 3 nitrogen and oxygen atoms in total. The molecule has 116 valence electrons. The molecule has 1 N–H and O–H groups in total. The van der Waals surface area contributed by atoms with Crippen molar-refractivity contribution in [1.29, 1.82) is 0 Å². The number of likely N-dealkylation sites (tertiary alicyclic amines) is 1. The Morgan fingerprint density at radius 1 is 1.04 bits per heavy atom. The van der Waals surface area contributed by atoms with Gasteiger partial charge in [-0.25, -0.2) is 0 Å². The monoisotopic (exact) mass is 303 g/mol. The summed E-state index contributed by atoms with van der Waals surface area (Å²) in [5.74, 6) is 0. The van der Waals surface area contributed by atoms with Crippen LogP contribution in [0.15, 0.2) is 54.6 Å². The molecular weight excluding hydrogens is 282 g/mol. The lowest BCUT2D eigenvalue weighted by Crippen LogP contribution is -2.48. The standard InChI is InChI=1S/C20H21N3/c1-2-6-14(7-3-1)12-22-11-10-20-15-8-4-5-9-16(15)21-19(20)23-13-17(23)18(20)22/h1-9,17-19,21H,10-13H2/t17-,18+,19+,20?,23?/m1/s1. The summed E-state index contributed by atoms with van der Waals surface area (Å²) in [5.41, 5.74) is 4.69. The average Bonchev–Trinajstić information content (AvgIpc) is 3.05. The number of nitrogens with one attached hydrogen (secondary N) is 1. The zero-order valence-corrected chi connectivity index (χ0v) is 13.2. The zero-order valence-electron chi connectivity index (χ0n) is 13.2. The molecule has 3 heteroatoms. The fourth-order valence-electron chi connectivity index (χ4n) is 5.68. The van der Waals surface area contributed by atoms with Crippen LogP contribution < -0.4 is 5.32 Å². The van der Waals surface area contributed by atoms with Crippen molar-refractivity contribution in [2.45, 2.75) is 36.6 Å². The van der Waals surface area contributed by atoms with E-state index in [2.05, 4.69) is 69.7 Å². The third-order valence-corrected chi connectivity index (χ3v) is 6.56. The molecule has 0 saturated carbocycles. The molecule has 4 aliphatic heterocycles. The van der Waals surface area contributed by atoms with E-state index in [-0.39, 0.29) is 0 Å². The van der Waals surface area contributed by atoms with Crippen molar-refractivity contribution >= 4 is 5.69 Å². The van der Waals surface area contributed by atoms with Crippen molar-refractivity contribution < 1.29 is 0 Å². The van der Waals surface area contributed by atoms with Gasteiger partial charge in [0.05, 0.1) is 6.17 Å². The van der Waals surface area contributed by atoms with E-state index in [9.17, 15) is 0 Å². The highest BCUT2D eigenvalue weighted by Crippen LogP contribution is 2.61. The highest BCUT2D eigenvalue weighted by molar-refractivity contribution is 5.65. The van der Waals surface area contributed by atoms with E-state index < -0.39 is 0 Å². The lowest BCUT2D eigenvalue weighted by Gasteiger charge is -2.34. The van der Waals surface area contributed by atoms with Crippen LogP contribution in [0.1, 0.15) is 17.5 Å². The van der Waals surface area contributed by atoms with Gasteiger partial charge in [0.2, 0.25) is 0 Å². The predicted molar refractivity (Wildman–Crippen MR) is 91.3 cm³/mol. The minimum Gasteiger partial charge on any atom is -0.369 e. The van der Waals surface area contributed by atoms with Crippen LogP contribution in [0.2, 0.25) is 0 Å². The summed E-state index contributed by atoms with van der Waals surface area (Å²) in [4.78, 5) is 5.44.